The van der Waals surface area contributed by atoms with E-state index in [2.05, 4.69) is 23.7 Å². The van der Waals surface area contributed by atoms with Crippen molar-refractivity contribution in [2.75, 3.05) is 31.2 Å². The Hall–Kier alpha value is -3.73. The first-order valence-corrected chi connectivity index (χ1v) is 16.2. The highest BCUT2D eigenvalue weighted by atomic mass is 32.2. The molecule has 4 aromatic rings. The van der Waals surface area contributed by atoms with E-state index in [0.29, 0.717) is 18.1 Å². The molecule has 2 atom stereocenters. The van der Waals surface area contributed by atoms with Crippen molar-refractivity contribution in [1.29, 1.82) is 0 Å². The van der Waals surface area contributed by atoms with Gasteiger partial charge in [-0.15, -0.1) is 0 Å². The number of aryl methyl sites for hydroxylation is 1. The molecule has 9 nitrogen and oxygen atoms in total. The van der Waals surface area contributed by atoms with E-state index in [9.17, 15) is 8.42 Å². The quantitative estimate of drug-likeness (QED) is 0.167. The van der Waals surface area contributed by atoms with E-state index in [1.807, 2.05) is 55.6 Å². The van der Waals surface area contributed by atoms with Crippen LogP contribution in [0.2, 0.25) is 0 Å². The molecule has 1 saturated heterocycles. The minimum atomic E-state index is -4.04. The van der Waals surface area contributed by atoms with Crippen molar-refractivity contribution >= 4 is 26.8 Å². The summed E-state index contributed by atoms with van der Waals surface area (Å²) in [4.78, 5) is 11.6. The number of hydrogen-bond acceptors (Lipinski definition) is 9. The fourth-order valence-corrected chi connectivity index (χ4v) is 6.03. The molecule has 0 spiro atoms. The van der Waals surface area contributed by atoms with Crippen LogP contribution in [0.25, 0.3) is 22.2 Å². The van der Waals surface area contributed by atoms with Crippen LogP contribution in [-0.2, 0) is 19.0 Å². The van der Waals surface area contributed by atoms with Crippen LogP contribution in [0, 0.1) is 6.92 Å². The van der Waals surface area contributed by atoms with E-state index in [0.717, 1.165) is 65.9 Å². The van der Waals surface area contributed by atoms with Gasteiger partial charge in [0.2, 0.25) is 0 Å². The smallest absolute Gasteiger partial charge is 0.297 e. The lowest BCUT2D eigenvalue weighted by molar-refractivity contribution is -0.106. The van der Waals surface area contributed by atoms with Crippen molar-refractivity contribution in [2.45, 2.75) is 64.2 Å². The highest BCUT2D eigenvalue weighted by Gasteiger charge is 2.23. The predicted octanol–water partition coefficient (Wildman–Crippen LogP) is 6.53. The SMILES string of the molecule is CCN(CC)c1ccc(-c2ccc3cc(OCC(C)OS(=O)(=O)c4ccc(C)c(OC5CCCCO5)c4)ccc3n2)cn1. The zero-order valence-electron chi connectivity index (χ0n) is 25.2. The second kappa shape index (κ2) is 13.7. The minimum Gasteiger partial charge on any atom is -0.491 e. The number of fused-ring (bicyclic) bond motifs is 1. The van der Waals surface area contributed by atoms with Gasteiger partial charge in [-0.2, -0.15) is 8.42 Å². The lowest BCUT2D eigenvalue weighted by atomic mass is 10.1. The molecule has 0 saturated carbocycles. The Morgan fingerprint density at radius 1 is 1.02 bits per heavy atom. The molecule has 10 heteroatoms. The Kier molecular flexibility index (Phi) is 9.79. The number of nitrogens with zero attached hydrogens (tertiary/aromatic N) is 3. The van der Waals surface area contributed by atoms with Crippen molar-refractivity contribution in [3.05, 3.63) is 72.4 Å². The maximum absolute atomic E-state index is 13.0. The molecule has 1 aliphatic rings. The van der Waals surface area contributed by atoms with Gasteiger partial charge in [-0.05, 0) is 88.6 Å². The average Bonchev–Trinajstić information content (AvgIpc) is 3.02. The maximum atomic E-state index is 13.0. The predicted molar refractivity (Wildman–Crippen MR) is 167 cm³/mol. The number of anilines is 1. The number of ether oxygens (including phenoxy) is 3. The summed E-state index contributed by atoms with van der Waals surface area (Å²) in [6.45, 7) is 10.3. The summed E-state index contributed by atoms with van der Waals surface area (Å²) in [7, 11) is -4.04. The molecule has 1 aliphatic heterocycles. The Bertz CT molecular complexity index is 1630. The van der Waals surface area contributed by atoms with Crippen LogP contribution in [0.3, 0.4) is 0 Å². The Morgan fingerprint density at radius 3 is 2.58 bits per heavy atom. The highest BCUT2D eigenvalue weighted by Crippen LogP contribution is 2.28. The number of hydrogen-bond donors (Lipinski definition) is 0. The molecule has 1 fully saturated rings. The van der Waals surface area contributed by atoms with Gasteiger partial charge < -0.3 is 19.1 Å². The Balaban J connectivity index is 1.20. The van der Waals surface area contributed by atoms with Gasteiger partial charge in [0.15, 0.2) is 6.29 Å². The summed E-state index contributed by atoms with van der Waals surface area (Å²) in [5.74, 6) is 2.02. The third-order valence-corrected chi connectivity index (χ3v) is 8.83. The zero-order chi connectivity index (χ0) is 30.4. The van der Waals surface area contributed by atoms with Crippen LogP contribution in [0.15, 0.2) is 71.8 Å². The molecule has 43 heavy (non-hydrogen) atoms. The zero-order valence-corrected chi connectivity index (χ0v) is 26.0. The van der Waals surface area contributed by atoms with Crippen LogP contribution >= 0.6 is 0 Å². The van der Waals surface area contributed by atoms with Gasteiger partial charge in [0.05, 0.1) is 22.7 Å². The molecule has 2 aromatic heterocycles. The summed E-state index contributed by atoms with van der Waals surface area (Å²) in [5, 5.41) is 0.907. The number of pyridine rings is 2. The van der Waals surface area contributed by atoms with Crippen LogP contribution < -0.4 is 14.4 Å². The molecule has 0 N–H and O–H groups in total. The van der Waals surface area contributed by atoms with Gasteiger partial charge in [0, 0.05) is 42.7 Å². The molecular weight excluding hydrogens is 566 g/mol. The molecular formula is C33H39N3O6S. The summed E-state index contributed by atoms with van der Waals surface area (Å²) >= 11 is 0. The van der Waals surface area contributed by atoms with Gasteiger partial charge >= 0.3 is 0 Å². The highest BCUT2D eigenvalue weighted by molar-refractivity contribution is 7.86. The molecule has 0 bridgehead atoms. The molecule has 228 valence electrons. The van der Waals surface area contributed by atoms with Crippen molar-refractivity contribution < 1.29 is 26.8 Å². The third kappa shape index (κ3) is 7.62. The van der Waals surface area contributed by atoms with Gasteiger partial charge in [-0.3, -0.25) is 4.18 Å². The summed E-state index contributed by atoms with van der Waals surface area (Å²) < 4.78 is 49.0. The van der Waals surface area contributed by atoms with Crippen molar-refractivity contribution in [3.63, 3.8) is 0 Å². The van der Waals surface area contributed by atoms with Crippen LogP contribution in [0.1, 0.15) is 45.6 Å². The summed E-state index contributed by atoms with van der Waals surface area (Å²) in [5.41, 5.74) is 3.43. The first-order valence-electron chi connectivity index (χ1n) is 14.8. The normalized spacial score (nSPS) is 16.1. The first kappa shape index (κ1) is 30.7. The average molecular weight is 606 g/mol. The lowest BCUT2D eigenvalue weighted by Gasteiger charge is -2.24. The van der Waals surface area contributed by atoms with E-state index in [4.69, 9.17) is 23.4 Å². The molecule has 2 aromatic carbocycles. The van der Waals surface area contributed by atoms with Crippen LogP contribution in [0.5, 0.6) is 11.5 Å². The molecule has 2 unspecified atom stereocenters. The van der Waals surface area contributed by atoms with Crippen molar-refractivity contribution in [3.8, 4) is 22.8 Å². The van der Waals surface area contributed by atoms with Crippen molar-refractivity contribution in [1.82, 2.24) is 9.97 Å². The largest absolute Gasteiger partial charge is 0.491 e. The van der Waals surface area contributed by atoms with Gasteiger partial charge in [0.1, 0.15) is 30.0 Å². The van der Waals surface area contributed by atoms with Crippen LogP contribution in [0.4, 0.5) is 5.82 Å². The molecule has 0 amide bonds. The molecule has 5 rings (SSSR count). The number of rotatable bonds is 12. The fraction of sp³-hybridized carbons (Fsp3) is 0.394. The van der Waals surface area contributed by atoms with E-state index in [-0.39, 0.29) is 17.8 Å². The fourth-order valence-electron chi connectivity index (χ4n) is 4.95. The summed E-state index contributed by atoms with van der Waals surface area (Å²) in [6.07, 6.45) is 3.55. The number of aromatic nitrogens is 2. The molecule has 0 radical (unpaired) electrons. The lowest BCUT2D eigenvalue weighted by Crippen LogP contribution is -2.25. The van der Waals surface area contributed by atoms with E-state index in [1.54, 1.807) is 13.0 Å². The molecule has 3 heterocycles. The first-order chi connectivity index (χ1) is 20.8. The van der Waals surface area contributed by atoms with E-state index < -0.39 is 16.2 Å². The van der Waals surface area contributed by atoms with Crippen molar-refractivity contribution in [2.24, 2.45) is 0 Å². The second-order valence-corrected chi connectivity index (χ2v) is 12.2. The molecule has 0 aliphatic carbocycles. The van der Waals surface area contributed by atoms with Gasteiger partial charge in [0.25, 0.3) is 10.1 Å². The topological polar surface area (TPSA) is 100 Å². The van der Waals surface area contributed by atoms with E-state index in [1.165, 1.54) is 12.1 Å². The monoisotopic (exact) mass is 605 g/mol. The number of benzene rings is 2. The Labute approximate surface area is 253 Å². The van der Waals surface area contributed by atoms with Crippen LogP contribution in [-0.4, -0.2) is 57.1 Å². The van der Waals surface area contributed by atoms with Gasteiger partial charge in [-0.1, -0.05) is 12.1 Å². The maximum Gasteiger partial charge on any atom is 0.297 e. The Morgan fingerprint density at radius 2 is 1.86 bits per heavy atom. The third-order valence-electron chi connectivity index (χ3n) is 7.41. The minimum absolute atomic E-state index is 0.0289. The van der Waals surface area contributed by atoms with E-state index >= 15 is 0 Å². The standard InChI is InChI=1S/C33H39N3O6S/c1-5-36(6-2)32-17-12-26(21-34-32)30-15-11-25-19-27(13-16-29(25)35-30)40-22-24(4)42-43(37,38)28-14-10-23(3)31(20-28)41-33-9-7-8-18-39-33/h10-17,19-21,24,33H,5-9,18,22H2,1-4H3. The second-order valence-electron chi connectivity index (χ2n) is 10.6. The van der Waals surface area contributed by atoms with Gasteiger partial charge in [-0.25, -0.2) is 9.97 Å². The summed E-state index contributed by atoms with van der Waals surface area (Å²) in [6, 6.07) is 18.3.